The van der Waals surface area contributed by atoms with Gasteiger partial charge in [0, 0.05) is 5.92 Å². The number of aliphatic hydroxyl groups excluding tert-OH is 2. The summed E-state index contributed by atoms with van der Waals surface area (Å²) in [6.45, 7) is 21.5. The van der Waals surface area contributed by atoms with Crippen molar-refractivity contribution in [3.63, 3.8) is 0 Å². The highest BCUT2D eigenvalue weighted by Crippen LogP contribution is 2.64. The highest BCUT2D eigenvalue weighted by atomic mass is 28.4. The third-order valence-corrected chi connectivity index (χ3v) is 14.6. The lowest BCUT2D eigenvalue weighted by Gasteiger charge is -2.65. The Kier molecular flexibility index (Phi) is 6.48. The van der Waals surface area contributed by atoms with Gasteiger partial charge in [-0.2, -0.15) is 0 Å². The molecule has 3 fully saturated rings. The van der Waals surface area contributed by atoms with Crippen LogP contribution >= 0.6 is 0 Å². The molecule has 0 aromatic carbocycles. The number of hydrogen-bond acceptors (Lipinski definition) is 5. The van der Waals surface area contributed by atoms with Crippen LogP contribution in [-0.2, 0) is 14.0 Å². The van der Waals surface area contributed by atoms with E-state index >= 15 is 0 Å². The molecule has 0 unspecified atom stereocenters. The lowest BCUT2D eigenvalue weighted by Crippen LogP contribution is -2.73. The van der Waals surface area contributed by atoms with E-state index < -0.39 is 31.7 Å². The second-order valence-corrected chi connectivity index (χ2v) is 18.7. The molecule has 2 saturated carbocycles. The van der Waals surface area contributed by atoms with Crippen molar-refractivity contribution in [2.45, 2.75) is 129 Å². The molecule has 0 radical (unpaired) electrons. The van der Waals surface area contributed by atoms with Crippen LogP contribution in [0.3, 0.4) is 0 Å². The van der Waals surface area contributed by atoms with E-state index in [0.717, 1.165) is 25.7 Å². The molecule has 2 N–H and O–H groups in total. The minimum atomic E-state index is -2.01. The summed E-state index contributed by atoms with van der Waals surface area (Å²) in [7, 11) is -2.01. The van der Waals surface area contributed by atoms with Crippen LogP contribution in [0.15, 0.2) is 0 Å². The van der Waals surface area contributed by atoms with Gasteiger partial charge >= 0.3 is 0 Å². The smallest absolute Gasteiger partial charge is 0.192 e. The number of ether oxygens (including phenoxy) is 1. The quantitative estimate of drug-likeness (QED) is 0.562. The molecule has 1 heterocycles. The van der Waals surface area contributed by atoms with Gasteiger partial charge in [0.15, 0.2) is 14.1 Å². The summed E-state index contributed by atoms with van der Waals surface area (Å²) in [5.74, 6) is -0.155. The van der Waals surface area contributed by atoms with Crippen molar-refractivity contribution in [3.05, 3.63) is 0 Å². The first-order valence-electron chi connectivity index (χ1n) is 12.6. The highest BCUT2D eigenvalue weighted by Gasteiger charge is 2.68. The van der Waals surface area contributed by atoms with E-state index in [-0.39, 0.29) is 40.1 Å². The zero-order valence-electron chi connectivity index (χ0n) is 22.2. The Balaban J connectivity index is 1.86. The van der Waals surface area contributed by atoms with Crippen LogP contribution in [0.4, 0.5) is 0 Å². The summed E-state index contributed by atoms with van der Waals surface area (Å²) in [5, 5.41) is 22.6. The first-order chi connectivity index (χ1) is 14.3. The molecule has 6 heteroatoms. The zero-order valence-corrected chi connectivity index (χ0v) is 23.2. The van der Waals surface area contributed by atoms with Gasteiger partial charge < -0.3 is 19.4 Å². The van der Waals surface area contributed by atoms with Crippen molar-refractivity contribution < 1.29 is 24.2 Å². The van der Waals surface area contributed by atoms with Crippen LogP contribution in [0.25, 0.3) is 0 Å². The van der Waals surface area contributed by atoms with Gasteiger partial charge in [0.05, 0.1) is 12.2 Å². The lowest BCUT2D eigenvalue weighted by atomic mass is 9.43. The first kappa shape index (κ1) is 26.3. The second-order valence-electron chi connectivity index (χ2n) is 13.9. The molecule has 3 aliphatic rings. The summed E-state index contributed by atoms with van der Waals surface area (Å²) in [5.41, 5.74) is -2.18. The van der Waals surface area contributed by atoms with Crippen LogP contribution in [-0.4, -0.2) is 54.3 Å². The maximum absolute atomic E-state index is 13.6. The number of hydrogen-bond donors (Lipinski definition) is 2. The summed E-state index contributed by atoms with van der Waals surface area (Å²) < 4.78 is 13.0. The van der Waals surface area contributed by atoms with E-state index in [2.05, 4.69) is 54.6 Å². The van der Waals surface area contributed by atoms with Gasteiger partial charge in [0.25, 0.3) is 0 Å². The monoisotopic (exact) mass is 468 g/mol. The summed E-state index contributed by atoms with van der Waals surface area (Å²) in [6.07, 6.45) is 2.63. The van der Waals surface area contributed by atoms with Gasteiger partial charge in [-0.15, -0.1) is 0 Å². The predicted octanol–water partition coefficient (Wildman–Crippen LogP) is 5.09. The number of carbonyl (C=O) groups excluding carboxylic acids is 1. The van der Waals surface area contributed by atoms with Gasteiger partial charge in [0.2, 0.25) is 0 Å². The van der Waals surface area contributed by atoms with Gasteiger partial charge in [-0.1, -0.05) is 48.0 Å². The largest absolute Gasteiger partial charge is 0.414 e. The molecule has 0 amide bonds. The topological polar surface area (TPSA) is 76.0 Å². The number of rotatable bonds is 4. The van der Waals surface area contributed by atoms with Gasteiger partial charge in [-0.25, -0.2) is 0 Å². The molecular weight excluding hydrogens is 420 g/mol. The molecule has 2 aliphatic carbocycles. The molecule has 0 bridgehead atoms. The average molecular weight is 469 g/mol. The number of ketones is 1. The molecule has 3 rings (SSSR count). The molecule has 5 nitrogen and oxygen atoms in total. The average Bonchev–Trinajstić information content (AvgIpc) is 2.62. The highest BCUT2D eigenvalue weighted by molar-refractivity contribution is 6.74. The number of aliphatic hydroxyl groups is 2. The molecule has 0 aromatic heterocycles. The Morgan fingerprint density at radius 1 is 1.12 bits per heavy atom. The van der Waals surface area contributed by atoms with Crippen molar-refractivity contribution in [3.8, 4) is 0 Å². The minimum absolute atomic E-state index is 0.0570. The van der Waals surface area contributed by atoms with Crippen LogP contribution in [0.2, 0.25) is 18.1 Å². The molecule has 0 spiro atoms. The minimum Gasteiger partial charge on any atom is -0.414 e. The third kappa shape index (κ3) is 3.96. The number of carbonyl (C=O) groups is 1. The normalized spacial score (nSPS) is 43.4. The van der Waals surface area contributed by atoms with Crippen LogP contribution in [0, 0.1) is 22.7 Å². The fraction of sp³-hybridized carbons (Fsp3) is 0.962. The Morgan fingerprint density at radius 3 is 2.28 bits per heavy atom. The SMILES string of the molecule is CC1(C)CCC[C@]2(C)[C@H]3CC[C@](C)([C@@H](O)CO[Si](C)(C)C(C)(C)C)O[C@]3(C)[C@H](O)C(=O)[C@@H]12. The van der Waals surface area contributed by atoms with Crippen LogP contribution in [0.5, 0.6) is 0 Å². The first-order valence-corrected chi connectivity index (χ1v) is 15.5. The summed E-state index contributed by atoms with van der Waals surface area (Å²) in [6, 6.07) is 0. The van der Waals surface area contributed by atoms with E-state index in [0.29, 0.717) is 6.42 Å². The zero-order chi connectivity index (χ0) is 24.5. The Labute approximate surface area is 196 Å². The van der Waals surface area contributed by atoms with E-state index in [1.54, 1.807) is 0 Å². The molecule has 1 saturated heterocycles. The molecule has 7 atom stereocenters. The van der Waals surface area contributed by atoms with Crippen molar-refractivity contribution in [2.24, 2.45) is 22.7 Å². The van der Waals surface area contributed by atoms with Crippen LogP contribution in [0.1, 0.15) is 87.5 Å². The van der Waals surface area contributed by atoms with Crippen molar-refractivity contribution >= 4 is 14.1 Å². The van der Waals surface area contributed by atoms with E-state index in [1.165, 1.54) is 0 Å². The molecule has 186 valence electrons. The van der Waals surface area contributed by atoms with E-state index in [1.807, 2.05) is 13.8 Å². The standard InChI is InChI=1S/C26H48O5Si/c1-22(2,3)32(9,10)30-16-18(27)25(7)15-12-17-24(6)14-11-13-23(4,5)20(24)19(28)21(29)26(17,8)31-25/h17-18,20-21,27,29H,11-16H2,1-10H3/t17-,18+,20+,21-,24-,25-,26+/m1/s1. The van der Waals surface area contributed by atoms with Crippen molar-refractivity contribution in [2.75, 3.05) is 6.61 Å². The van der Waals surface area contributed by atoms with Crippen molar-refractivity contribution in [1.29, 1.82) is 0 Å². The fourth-order valence-electron chi connectivity index (χ4n) is 7.12. The Morgan fingerprint density at radius 2 is 1.72 bits per heavy atom. The van der Waals surface area contributed by atoms with Gasteiger partial charge in [0.1, 0.15) is 17.8 Å². The summed E-state index contributed by atoms with van der Waals surface area (Å²) >= 11 is 0. The second kappa shape index (κ2) is 7.87. The molecule has 0 aromatic rings. The molecule has 1 aliphatic heterocycles. The Bertz CT molecular complexity index is 743. The van der Waals surface area contributed by atoms with E-state index in [4.69, 9.17) is 9.16 Å². The van der Waals surface area contributed by atoms with Crippen LogP contribution < -0.4 is 0 Å². The van der Waals surface area contributed by atoms with Crippen molar-refractivity contribution in [1.82, 2.24) is 0 Å². The molecule has 32 heavy (non-hydrogen) atoms. The van der Waals surface area contributed by atoms with E-state index in [9.17, 15) is 15.0 Å². The number of Topliss-reactive ketones (excluding diaryl/α,β-unsaturated/α-hetero) is 1. The maximum Gasteiger partial charge on any atom is 0.192 e. The third-order valence-electron chi connectivity index (χ3n) is 10.1. The summed E-state index contributed by atoms with van der Waals surface area (Å²) in [4.78, 5) is 13.6. The maximum atomic E-state index is 13.6. The fourth-order valence-corrected chi connectivity index (χ4v) is 8.13. The van der Waals surface area contributed by atoms with Gasteiger partial charge in [-0.05, 0) is 74.4 Å². The number of fused-ring (bicyclic) bond motifs is 3. The van der Waals surface area contributed by atoms with Gasteiger partial charge in [-0.3, -0.25) is 4.79 Å². The lowest BCUT2D eigenvalue weighted by molar-refractivity contribution is -0.302. The molecular formula is C26H48O5Si. The predicted molar refractivity (Wildman–Crippen MR) is 130 cm³/mol. The Hall–Kier alpha value is -0.273.